The lowest BCUT2D eigenvalue weighted by Gasteiger charge is -2.26. The number of hydrogen-bond donors (Lipinski definition) is 0. The lowest BCUT2D eigenvalue weighted by molar-refractivity contribution is 1.17. The topological polar surface area (TPSA) is 16.3 Å². The van der Waals surface area contributed by atoms with Gasteiger partial charge < -0.3 is 18.9 Å². The van der Waals surface area contributed by atoms with Crippen molar-refractivity contribution >= 4 is 109 Å². The van der Waals surface area contributed by atoms with Gasteiger partial charge in [-0.15, -0.1) is 11.3 Å². The maximum absolute atomic E-state index is 2.48. The summed E-state index contributed by atoms with van der Waals surface area (Å²) < 4.78 is 7.45. The number of fused-ring (bicyclic) bond motifs is 9. The molecule has 0 aliphatic rings. The van der Waals surface area contributed by atoms with Gasteiger partial charge in [-0.05, 0) is 115 Å². The standard InChI is InChI=1S/C60H40N4S/c1-5-18-41(19-6-1)61(42-20-7-2-8-21-42)45-26-17-27-46(36-45)64-57-37-47(62(43-22-9-3-10-23-43)44-24-11-4-12-25-44)32-34-51(57)53-40-60-54(39-58(53)64)52-35-33-48(38-59(52)65-60)63-55-30-15-13-28-49(55)50-29-14-16-31-56(50)63/h1-40H. The molecule has 306 valence electrons. The molecule has 5 heteroatoms. The Balaban J connectivity index is 1.05. The summed E-state index contributed by atoms with van der Waals surface area (Å²) in [6, 6.07) is 88.0. The zero-order chi connectivity index (χ0) is 42.8. The molecule has 0 bridgehead atoms. The van der Waals surface area contributed by atoms with E-state index < -0.39 is 0 Å². The molecule has 0 saturated heterocycles. The Morgan fingerprint density at radius 3 is 1.26 bits per heavy atom. The molecule has 0 radical (unpaired) electrons. The maximum atomic E-state index is 2.48. The van der Waals surface area contributed by atoms with Gasteiger partial charge in [-0.3, -0.25) is 0 Å². The van der Waals surface area contributed by atoms with E-state index in [1.807, 2.05) is 11.3 Å². The molecule has 13 rings (SSSR count). The fraction of sp³-hybridized carbons (Fsp3) is 0. The third-order valence-electron chi connectivity index (χ3n) is 12.8. The molecule has 0 saturated carbocycles. The van der Waals surface area contributed by atoms with E-state index in [4.69, 9.17) is 0 Å². The van der Waals surface area contributed by atoms with E-state index in [2.05, 4.69) is 262 Å². The summed E-state index contributed by atoms with van der Waals surface area (Å²) in [5, 5.41) is 7.51. The Morgan fingerprint density at radius 1 is 0.246 bits per heavy atom. The molecule has 0 N–H and O–H groups in total. The predicted molar refractivity (Wildman–Crippen MR) is 277 cm³/mol. The Labute approximate surface area is 380 Å². The summed E-state index contributed by atoms with van der Waals surface area (Å²) >= 11 is 1.88. The van der Waals surface area contributed by atoms with Crippen LogP contribution in [0.2, 0.25) is 0 Å². The normalized spacial score (nSPS) is 11.7. The Hall–Kier alpha value is -8.38. The molecule has 0 unspecified atom stereocenters. The van der Waals surface area contributed by atoms with Crippen LogP contribution in [0.3, 0.4) is 0 Å². The molecule has 0 atom stereocenters. The summed E-state index contributed by atoms with van der Waals surface area (Å²) in [5.41, 5.74) is 13.6. The minimum absolute atomic E-state index is 1.08. The largest absolute Gasteiger partial charge is 0.310 e. The van der Waals surface area contributed by atoms with Gasteiger partial charge in [-0.1, -0.05) is 127 Å². The van der Waals surface area contributed by atoms with Gasteiger partial charge in [-0.25, -0.2) is 0 Å². The van der Waals surface area contributed by atoms with Gasteiger partial charge in [0.1, 0.15) is 0 Å². The molecule has 3 heterocycles. The van der Waals surface area contributed by atoms with Gasteiger partial charge in [0.25, 0.3) is 0 Å². The lowest BCUT2D eigenvalue weighted by atomic mass is 10.1. The summed E-state index contributed by atoms with van der Waals surface area (Å²) in [4.78, 5) is 4.69. The van der Waals surface area contributed by atoms with Crippen LogP contribution in [-0.4, -0.2) is 9.13 Å². The molecule has 0 spiro atoms. The van der Waals surface area contributed by atoms with Crippen molar-refractivity contribution in [2.24, 2.45) is 0 Å². The van der Waals surface area contributed by atoms with Crippen molar-refractivity contribution < 1.29 is 0 Å². The second-order valence-electron chi connectivity index (χ2n) is 16.6. The number of thiophene rings is 1. The molecule has 0 fully saturated rings. The lowest BCUT2D eigenvalue weighted by Crippen LogP contribution is -2.10. The van der Waals surface area contributed by atoms with E-state index in [9.17, 15) is 0 Å². The van der Waals surface area contributed by atoms with Crippen LogP contribution in [0.5, 0.6) is 0 Å². The summed E-state index contributed by atoms with van der Waals surface area (Å²) in [5.74, 6) is 0. The number of aromatic nitrogens is 2. The van der Waals surface area contributed by atoms with Crippen LogP contribution in [0.15, 0.2) is 243 Å². The van der Waals surface area contributed by atoms with Crippen molar-refractivity contribution in [3.63, 3.8) is 0 Å². The molecule has 13 aromatic rings. The van der Waals surface area contributed by atoms with Gasteiger partial charge in [0.05, 0.1) is 22.1 Å². The molecular formula is C60H40N4S. The van der Waals surface area contributed by atoms with Crippen LogP contribution in [0, 0.1) is 0 Å². The third-order valence-corrected chi connectivity index (χ3v) is 13.9. The molecule has 3 aromatic heterocycles. The second-order valence-corrected chi connectivity index (χ2v) is 17.7. The highest BCUT2D eigenvalue weighted by atomic mass is 32.1. The van der Waals surface area contributed by atoms with E-state index in [1.165, 1.54) is 64.0 Å². The molecule has 65 heavy (non-hydrogen) atoms. The molecule has 0 aliphatic heterocycles. The van der Waals surface area contributed by atoms with Crippen molar-refractivity contribution in [2.75, 3.05) is 9.80 Å². The second kappa shape index (κ2) is 15.2. The number of benzene rings is 10. The van der Waals surface area contributed by atoms with E-state index in [0.29, 0.717) is 0 Å². The Morgan fingerprint density at radius 2 is 0.677 bits per heavy atom. The van der Waals surface area contributed by atoms with Crippen molar-refractivity contribution in [1.29, 1.82) is 0 Å². The Kier molecular flexibility index (Phi) is 8.68. The van der Waals surface area contributed by atoms with E-state index in [-0.39, 0.29) is 0 Å². The number of para-hydroxylation sites is 6. The van der Waals surface area contributed by atoms with Crippen molar-refractivity contribution in [2.45, 2.75) is 0 Å². The van der Waals surface area contributed by atoms with Crippen LogP contribution >= 0.6 is 11.3 Å². The first-order valence-electron chi connectivity index (χ1n) is 22.1. The average molecular weight is 849 g/mol. The number of hydrogen-bond acceptors (Lipinski definition) is 3. The maximum Gasteiger partial charge on any atom is 0.0561 e. The highest BCUT2D eigenvalue weighted by Gasteiger charge is 2.21. The van der Waals surface area contributed by atoms with Crippen LogP contribution < -0.4 is 9.80 Å². The number of nitrogens with zero attached hydrogens (tertiary/aromatic N) is 4. The first-order valence-corrected chi connectivity index (χ1v) is 22.9. The van der Waals surface area contributed by atoms with E-state index in [1.54, 1.807) is 0 Å². The molecule has 10 aromatic carbocycles. The van der Waals surface area contributed by atoms with Crippen molar-refractivity contribution in [3.8, 4) is 11.4 Å². The van der Waals surface area contributed by atoms with E-state index >= 15 is 0 Å². The Bertz CT molecular complexity index is 3760. The fourth-order valence-corrected chi connectivity index (χ4v) is 11.2. The fourth-order valence-electron chi connectivity index (χ4n) is 9.99. The number of rotatable bonds is 8. The van der Waals surface area contributed by atoms with Gasteiger partial charge in [0, 0.05) is 87.2 Å². The molecule has 0 aliphatic carbocycles. The quantitative estimate of drug-likeness (QED) is 0.151. The highest BCUT2D eigenvalue weighted by molar-refractivity contribution is 7.26. The average Bonchev–Trinajstić information content (AvgIpc) is 4.01. The zero-order valence-corrected chi connectivity index (χ0v) is 36.1. The molecule has 4 nitrogen and oxygen atoms in total. The van der Waals surface area contributed by atoms with Gasteiger partial charge in [0.2, 0.25) is 0 Å². The first kappa shape index (κ1) is 37.2. The van der Waals surface area contributed by atoms with Crippen LogP contribution in [0.25, 0.3) is 75.2 Å². The van der Waals surface area contributed by atoms with Gasteiger partial charge in [-0.2, -0.15) is 0 Å². The monoisotopic (exact) mass is 848 g/mol. The zero-order valence-electron chi connectivity index (χ0n) is 35.3. The molecular weight excluding hydrogens is 809 g/mol. The molecule has 0 amide bonds. The number of anilines is 6. The van der Waals surface area contributed by atoms with Crippen LogP contribution in [-0.2, 0) is 0 Å². The minimum Gasteiger partial charge on any atom is -0.310 e. The summed E-state index contributed by atoms with van der Waals surface area (Å²) in [7, 11) is 0. The summed E-state index contributed by atoms with van der Waals surface area (Å²) in [6.45, 7) is 0. The van der Waals surface area contributed by atoms with E-state index in [0.717, 1.165) is 45.3 Å². The smallest absolute Gasteiger partial charge is 0.0561 e. The van der Waals surface area contributed by atoms with Crippen LogP contribution in [0.1, 0.15) is 0 Å². The predicted octanol–water partition coefficient (Wildman–Crippen LogP) is 17.2. The van der Waals surface area contributed by atoms with Crippen molar-refractivity contribution in [3.05, 3.63) is 243 Å². The highest BCUT2D eigenvalue weighted by Crippen LogP contribution is 2.45. The SMILES string of the molecule is c1ccc(N(c2ccccc2)c2cccc(-n3c4cc(N(c5ccccc5)c5ccccc5)ccc4c4cc5sc6cc(-n7c8ccccc8c8ccccc87)ccc6c5cc43)c2)cc1. The van der Waals surface area contributed by atoms with Crippen molar-refractivity contribution in [1.82, 2.24) is 9.13 Å². The van der Waals surface area contributed by atoms with Crippen LogP contribution in [0.4, 0.5) is 34.1 Å². The van der Waals surface area contributed by atoms with Gasteiger partial charge in [0.15, 0.2) is 0 Å². The minimum atomic E-state index is 1.08. The van der Waals surface area contributed by atoms with Gasteiger partial charge >= 0.3 is 0 Å². The first-order chi connectivity index (χ1) is 32.2. The summed E-state index contributed by atoms with van der Waals surface area (Å²) in [6.07, 6.45) is 0. The third kappa shape index (κ3) is 6.12.